The molecule has 4 nitrogen and oxygen atoms in total. The molecule has 1 saturated heterocycles. The van der Waals surface area contributed by atoms with E-state index < -0.39 is 0 Å². The number of cyclic esters (lactones) is 1. The third-order valence-electron chi connectivity index (χ3n) is 3.21. The van der Waals surface area contributed by atoms with Crippen molar-refractivity contribution in [1.29, 1.82) is 0 Å². The van der Waals surface area contributed by atoms with E-state index in [1.165, 1.54) is 6.07 Å². The van der Waals surface area contributed by atoms with Crippen molar-refractivity contribution in [1.82, 2.24) is 4.90 Å². The Bertz CT molecular complexity index is 452. The van der Waals surface area contributed by atoms with Crippen LogP contribution in [0.1, 0.15) is 13.3 Å². The Morgan fingerprint density at radius 1 is 1.47 bits per heavy atom. The van der Waals surface area contributed by atoms with E-state index in [4.69, 9.17) is 9.47 Å². The molecule has 1 aromatic carbocycles. The van der Waals surface area contributed by atoms with E-state index in [2.05, 4.69) is 0 Å². The zero-order valence-corrected chi connectivity index (χ0v) is 11.1. The van der Waals surface area contributed by atoms with Gasteiger partial charge in [0, 0.05) is 13.0 Å². The topological polar surface area (TPSA) is 38.8 Å². The predicted octanol–water partition coefficient (Wildman–Crippen LogP) is 1.84. The maximum absolute atomic E-state index is 13.3. The lowest BCUT2D eigenvalue weighted by molar-refractivity contribution is -0.144. The van der Waals surface area contributed by atoms with Gasteiger partial charge < -0.3 is 9.47 Å². The minimum Gasteiger partial charge on any atom is -0.489 e. The molecule has 0 N–H and O–H groups in total. The van der Waals surface area contributed by atoms with Gasteiger partial charge in [0.2, 0.25) is 0 Å². The second-order valence-corrected chi connectivity index (χ2v) is 4.76. The number of halogens is 1. The van der Waals surface area contributed by atoms with Crippen LogP contribution >= 0.6 is 0 Å². The second kappa shape index (κ2) is 6.02. The first-order chi connectivity index (χ1) is 9.08. The van der Waals surface area contributed by atoms with Gasteiger partial charge in [-0.05, 0) is 26.1 Å². The fourth-order valence-electron chi connectivity index (χ4n) is 2.11. The highest BCUT2D eigenvalue weighted by Gasteiger charge is 2.34. The summed E-state index contributed by atoms with van der Waals surface area (Å²) in [7, 11) is 1.84. The smallest absolute Gasteiger partial charge is 0.323 e. The van der Waals surface area contributed by atoms with Crippen molar-refractivity contribution in [3.63, 3.8) is 0 Å². The maximum atomic E-state index is 13.3. The molecule has 2 atom stereocenters. The highest BCUT2D eigenvalue weighted by Crippen LogP contribution is 2.19. The monoisotopic (exact) mass is 267 g/mol. The Morgan fingerprint density at radius 3 is 2.84 bits per heavy atom. The van der Waals surface area contributed by atoms with Crippen LogP contribution in [0.3, 0.4) is 0 Å². The summed E-state index contributed by atoms with van der Waals surface area (Å²) in [5, 5.41) is 0. The van der Waals surface area contributed by atoms with E-state index in [9.17, 15) is 9.18 Å². The number of benzene rings is 1. The standard InChI is InChI=1S/C14H18FNO3/c1-10-9-12(14(17)19-10)16(2)7-8-18-13-6-4-3-5-11(13)15/h3-6,10,12H,7-9H2,1-2H3. The molecule has 0 radical (unpaired) electrons. The van der Waals surface area contributed by atoms with Gasteiger partial charge in [-0.1, -0.05) is 12.1 Å². The molecule has 0 amide bonds. The van der Waals surface area contributed by atoms with E-state index >= 15 is 0 Å². The van der Waals surface area contributed by atoms with Gasteiger partial charge in [0.1, 0.15) is 18.8 Å². The molecule has 1 heterocycles. The van der Waals surface area contributed by atoms with Crippen LogP contribution in [0.15, 0.2) is 24.3 Å². The molecule has 1 fully saturated rings. The first kappa shape index (κ1) is 13.8. The van der Waals surface area contributed by atoms with Crippen molar-refractivity contribution < 1.29 is 18.7 Å². The van der Waals surface area contributed by atoms with Crippen LogP contribution in [0.4, 0.5) is 4.39 Å². The molecule has 1 aromatic rings. The summed E-state index contributed by atoms with van der Waals surface area (Å²) in [5.41, 5.74) is 0. The summed E-state index contributed by atoms with van der Waals surface area (Å²) in [6, 6.07) is 6.05. The second-order valence-electron chi connectivity index (χ2n) is 4.76. The van der Waals surface area contributed by atoms with E-state index in [0.29, 0.717) is 19.6 Å². The fraction of sp³-hybridized carbons (Fsp3) is 0.500. The lowest BCUT2D eigenvalue weighted by atomic mass is 10.1. The van der Waals surface area contributed by atoms with Crippen LogP contribution in [-0.4, -0.2) is 43.2 Å². The van der Waals surface area contributed by atoms with Crippen molar-refractivity contribution in [3.05, 3.63) is 30.1 Å². The molecule has 0 spiro atoms. The number of carbonyl (C=O) groups excluding carboxylic acids is 1. The van der Waals surface area contributed by atoms with Gasteiger partial charge in [0.25, 0.3) is 0 Å². The van der Waals surface area contributed by atoms with E-state index in [-0.39, 0.29) is 29.7 Å². The van der Waals surface area contributed by atoms with E-state index in [1.807, 2.05) is 18.9 Å². The molecule has 104 valence electrons. The summed E-state index contributed by atoms with van der Waals surface area (Å²) in [4.78, 5) is 13.4. The Balaban J connectivity index is 1.80. The van der Waals surface area contributed by atoms with E-state index in [1.54, 1.807) is 18.2 Å². The van der Waals surface area contributed by atoms with Gasteiger partial charge in [0.15, 0.2) is 11.6 Å². The summed E-state index contributed by atoms with van der Waals surface area (Å²) < 4.78 is 23.8. The number of ether oxygens (including phenoxy) is 2. The number of rotatable bonds is 5. The van der Waals surface area contributed by atoms with Crippen molar-refractivity contribution in [2.75, 3.05) is 20.2 Å². The number of likely N-dealkylation sites (N-methyl/N-ethyl adjacent to an activating group) is 1. The largest absolute Gasteiger partial charge is 0.489 e. The lowest BCUT2D eigenvalue weighted by Gasteiger charge is -2.20. The van der Waals surface area contributed by atoms with E-state index in [0.717, 1.165) is 0 Å². The van der Waals surface area contributed by atoms with Gasteiger partial charge in [-0.3, -0.25) is 9.69 Å². The van der Waals surface area contributed by atoms with Crippen LogP contribution < -0.4 is 4.74 Å². The molecule has 2 rings (SSSR count). The Hall–Kier alpha value is -1.62. The molecule has 0 bridgehead atoms. The first-order valence-corrected chi connectivity index (χ1v) is 6.36. The molecule has 5 heteroatoms. The average Bonchev–Trinajstić information content (AvgIpc) is 2.71. The summed E-state index contributed by atoms with van der Waals surface area (Å²) in [6.45, 7) is 2.75. The molecular weight excluding hydrogens is 249 g/mol. The molecule has 0 aliphatic carbocycles. The zero-order chi connectivity index (χ0) is 13.8. The molecule has 0 saturated carbocycles. The number of esters is 1. The van der Waals surface area contributed by atoms with Crippen molar-refractivity contribution in [2.45, 2.75) is 25.5 Å². The van der Waals surface area contributed by atoms with Crippen LogP contribution in [0, 0.1) is 5.82 Å². The van der Waals surface area contributed by atoms with Crippen molar-refractivity contribution in [2.24, 2.45) is 0 Å². The Morgan fingerprint density at radius 2 is 2.21 bits per heavy atom. The number of hydrogen-bond donors (Lipinski definition) is 0. The van der Waals surface area contributed by atoms with Crippen LogP contribution in [0.5, 0.6) is 5.75 Å². The summed E-state index contributed by atoms with van der Waals surface area (Å²) in [5.74, 6) is -0.335. The summed E-state index contributed by atoms with van der Waals surface area (Å²) >= 11 is 0. The van der Waals surface area contributed by atoms with Crippen molar-refractivity contribution in [3.8, 4) is 5.75 Å². The third-order valence-corrected chi connectivity index (χ3v) is 3.21. The lowest BCUT2D eigenvalue weighted by Crippen LogP contribution is -2.38. The predicted molar refractivity (Wildman–Crippen MR) is 68.5 cm³/mol. The number of nitrogens with zero attached hydrogens (tertiary/aromatic N) is 1. The molecule has 0 aromatic heterocycles. The molecule has 1 aliphatic rings. The maximum Gasteiger partial charge on any atom is 0.323 e. The van der Waals surface area contributed by atoms with Gasteiger partial charge in [-0.15, -0.1) is 0 Å². The van der Waals surface area contributed by atoms with Crippen LogP contribution in [-0.2, 0) is 9.53 Å². The summed E-state index contributed by atoms with van der Waals surface area (Å²) in [6.07, 6.45) is 0.655. The third kappa shape index (κ3) is 3.44. The first-order valence-electron chi connectivity index (χ1n) is 6.36. The molecule has 19 heavy (non-hydrogen) atoms. The minimum absolute atomic E-state index is 0.0348. The minimum atomic E-state index is -0.376. The molecule has 1 aliphatic heterocycles. The molecule has 2 unspecified atom stereocenters. The van der Waals surface area contributed by atoms with Crippen LogP contribution in [0.2, 0.25) is 0 Å². The van der Waals surface area contributed by atoms with Gasteiger partial charge in [-0.2, -0.15) is 0 Å². The van der Waals surface area contributed by atoms with Crippen LogP contribution in [0.25, 0.3) is 0 Å². The SMILES string of the molecule is CC1CC(N(C)CCOc2ccccc2F)C(=O)O1. The van der Waals surface area contributed by atoms with Crippen molar-refractivity contribution >= 4 is 5.97 Å². The quantitative estimate of drug-likeness (QED) is 0.763. The molecular formula is C14H18FNO3. The average molecular weight is 267 g/mol. The Kier molecular flexibility index (Phi) is 4.37. The zero-order valence-electron chi connectivity index (χ0n) is 11.1. The number of para-hydroxylation sites is 1. The highest BCUT2D eigenvalue weighted by atomic mass is 19.1. The van der Waals surface area contributed by atoms with Gasteiger partial charge in [-0.25, -0.2) is 4.39 Å². The Labute approximate surface area is 112 Å². The van der Waals surface area contributed by atoms with Gasteiger partial charge in [0.05, 0.1) is 0 Å². The normalized spacial score (nSPS) is 22.6. The number of carbonyl (C=O) groups is 1. The fourth-order valence-corrected chi connectivity index (χ4v) is 2.11. The highest BCUT2D eigenvalue weighted by molar-refractivity contribution is 5.77. The van der Waals surface area contributed by atoms with Gasteiger partial charge >= 0.3 is 5.97 Å². The number of hydrogen-bond acceptors (Lipinski definition) is 4.